The van der Waals surface area contributed by atoms with Crippen LogP contribution in [0.2, 0.25) is 0 Å². The van der Waals surface area contributed by atoms with Crippen LogP contribution in [0, 0.1) is 5.41 Å². The van der Waals surface area contributed by atoms with Crippen LogP contribution >= 0.6 is 0 Å². The van der Waals surface area contributed by atoms with Crippen molar-refractivity contribution in [2.45, 2.75) is 59.1 Å². The molecule has 0 saturated carbocycles. The van der Waals surface area contributed by atoms with Gasteiger partial charge in [-0.2, -0.15) is 0 Å². The lowest BCUT2D eigenvalue weighted by atomic mass is 9.89. The van der Waals surface area contributed by atoms with Gasteiger partial charge >= 0.3 is 6.03 Å². The van der Waals surface area contributed by atoms with Gasteiger partial charge in [-0.1, -0.05) is 33.6 Å². The number of rotatable bonds is 5. The summed E-state index contributed by atoms with van der Waals surface area (Å²) < 4.78 is 0. The molecule has 0 spiro atoms. The number of urea groups is 1. The number of aliphatic hydroxyl groups is 1. The Hall–Kier alpha value is -1.82. The lowest BCUT2D eigenvalue weighted by molar-refractivity contribution is 0.0650. The Balaban J connectivity index is 1.82. The fourth-order valence-corrected chi connectivity index (χ4v) is 2.78. The largest absolute Gasteiger partial charge is 0.391 e. The van der Waals surface area contributed by atoms with Gasteiger partial charge in [-0.05, 0) is 36.0 Å². The third kappa shape index (κ3) is 6.53. The smallest absolute Gasteiger partial charge is 0.315 e. The first-order valence-electron chi connectivity index (χ1n) is 9.26. The van der Waals surface area contributed by atoms with Crippen molar-refractivity contribution in [2.24, 2.45) is 5.41 Å². The average molecular weight is 348 g/mol. The minimum absolute atomic E-state index is 0.241. The molecule has 1 saturated heterocycles. The molecule has 0 bridgehead atoms. The van der Waals surface area contributed by atoms with Gasteiger partial charge in [0.25, 0.3) is 0 Å². The predicted molar refractivity (Wildman–Crippen MR) is 101 cm³/mol. The van der Waals surface area contributed by atoms with Crippen LogP contribution in [0.15, 0.2) is 18.3 Å². The number of hydrogen-bond donors (Lipinski definition) is 3. The van der Waals surface area contributed by atoms with Gasteiger partial charge in [0.15, 0.2) is 0 Å². The summed E-state index contributed by atoms with van der Waals surface area (Å²) in [6, 6.07) is 3.71. The second-order valence-electron chi connectivity index (χ2n) is 7.87. The van der Waals surface area contributed by atoms with Crippen LogP contribution in [-0.4, -0.2) is 41.9 Å². The first-order valence-corrected chi connectivity index (χ1v) is 9.26. The molecule has 140 valence electrons. The van der Waals surface area contributed by atoms with Crippen LogP contribution in [0.5, 0.6) is 0 Å². The lowest BCUT2D eigenvalue weighted by Crippen LogP contribution is -2.43. The van der Waals surface area contributed by atoms with E-state index >= 15 is 0 Å². The first kappa shape index (κ1) is 19.5. The zero-order valence-corrected chi connectivity index (χ0v) is 15.7. The van der Waals surface area contributed by atoms with E-state index in [4.69, 9.17) is 0 Å². The van der Waals surface area contributed by atoms with E-state index in [9.17, 15) is 9.90 Å². The average Bonchev–Trinajstić information content (AvgIpc) is 2.86. The molecular weight excluding hydrogens is 316 g/mol. The molecule has 2 rings (SSSR count). The van der Waals surface area contributed by atoms with Gasteiger partial charge in [-0.3, -0.25) is 0 Å². The molecule has 1 aliphatic rings. The summed E-state index contributed by atoms with van der Waals surface area (Å²) >= 11 is 0. The van der Waals surface area contributed by atoms with Gasteiger partial charge < -0.3 is 20.6 Å². The van der Waals surface area contributed by atoms with Crippen molar-refractivity contribution >= 4 is 11.8 Å². The monoisotopic (exact) mass is 348 g/mol. The van der Waals surface area contributed by atoms with Crippen LogP contribution in [-0.2, 0) is 6.54 Å². The molecule has 2 amide bonds. The van der Waals surface area contributed by atoms with Gasteiger partial charge in [0, 0.05) is 32.4 Å². The summed E-state index contributed by atoms with van der Waals surface area (Å²) in [6.45, 7) is 8.62. The summed E-state index contributed by atoms with van der Waals surface area (Å²) in [4.78, 5) is 18.7. The highest BCUT2D eigenvalue weighted by Gasteiger charge is 2.22. The lowest BCUT2D eigenvalue weighted by Gasteiger charge is -2.25. The Bertz CT molecular complexity index is 549. The molecule has 25 heavy (non-hydrogen) atoms. The van der Waals surface area contributed by atoms with Crippen molar-refractivity contribution in [1.29, 1.82) is 0 Å². The third-order valence-electron chi connectivity index (χ3n) is 4.65. The summed E-state index contributed by atoms with van der Waals surface area (Å²) in [5, 5.41) is 15.5. The van der Waals surface area contributed by atoms with E-state index < -0.39 is 6.10 Å². The Morgan fingerprint density at radius 3 is 2.56 bits per heavy atom. The number of nitrogens with one attached hydrogen (secondary N) is 2. The second kappa shape index (κ2) is 9.04. The Morgan fingerprint density at radius 1 is 1.24 bits per heavy atom. The number of nitrogens with zero attached hydrogens (tertiary/aromatic N) is 2. The molecule has 1 atom stereocenters. The van der Waals surface area contributed by atoms with Crippen LogP contribution < -0.4 is 15.5 Å². The number of hydrogen-bond acceptors (Lipinski definition) is 4. The molecule has 1 aromatic heterocycles. The molecule has 6 heteroatoms. The Labute approximate surface area is 151 Å². The number of carbonyl (C=O) groups excluding carboxylic acids is 1. The fraction of sp³-hybridized carbons (Fsp3) is 0.684. The fourth-order valence-electron chi connectivity index (χ4n) is 2.78. The summed E-state index contributed by atoms with van der Waals surface area (Å²) in [7, 11) is 0. The zero-order valence-electron chi connectivity index (χ0n) is 15.7. The van der Waals surface area contributed by atoms with E-state index in [1.165, 1.54) is 25.7 Å². The van der Waals surface area contributed by atoms with Gasteiger partial charge in [0.1, 0.15) is 5.82 Å². The summed E-state index contributed by atoms with van der Waals surface area (Å²) in [6.07, 6.45) is 6.23. The van der Waals surface area contributed by atoms with Gasteiger partial charge in [0.2, 0.25) is 0 Å². The minimum atomic E-state index is -0.575. The maximum absolute atomic E-state index is 11.9. The number of amides is 2. The van der Waals surface area contributed by atoms with Crippen molar-refractivity contribution in [3.05, 3.63) is 23.9 Å². The Morgan fingerprint density at radius 2 is 1.92 bits per heavy atom. The topological polar surface area (TPSA) is 77.5 Å². The van der Waals surface area contributed by atoms with E-state index in [0.29, 0.717) is 6.54 Å². The zero-order chi connectivity index (χ0) is 18.3. The molecule has 1 unspecified atom stereocenters. The van der Waals surface area contributed by atoms with Crippen LogP contribution in [0.3, 0.4) is 0 Å². The molecule has 1 fully saturated rings. The summed E-state index contributed by atoms with van der Waals surface area (Å²) in [5.74, 6) is 0.991. The van der Waals surface area contributed by atoms with Gasteiger partial charge in [0.05, 0.1) is 6.10 Å². The molecule has 1 aliphatic heterocycles. The maximum atomic E-state index is 11.9. The van der Waals surface area contributed by atoms with Gasteiger partial charge in [-0.15, -0.1) is 0 Å². The summed E-state index contributed by atoms with van der Waals surface area (Å²) in [5.41, 5.74) is 0.779. The quantitative estimate of drug-likeness (QED) is 0.764. The molecule has 0 radical (unpaired) electrons. The van der Waals surface area contributed by atoms with Crippen molar-refractivity contribution in [2.75, 3.05) is 24.5 Å². The molecule has 0 aliphatic carbocycles. The number of carbonyl (C=O) groups is 1. The highest BCUT2D eigenvalue weighted by Crippen LogP contribution is 2.19. The van der Waals surface area contributed by atoms with E-state index in [0.717, 1.165) is 24.5 Å². The normalized spacial score (nSPS) is 16.9. The number of pyridine rings is 1. The predicted octanol–water partition coefficient (Wildman–Crippen LogP) is 2.67. The molecule has 6 nitrogen and oxygen atoms in total. The SMILES string of the molecule is CC(C)(C)C(O)CNC(=O)NCc1ccnc(N2CCCCCC2)c1. The number of anilines is 1. The maximum Gasteiger partial charge on any atom is 0.315 e. The van der Waals surface area contributed by atoms with Crippen LogP contribution in [0.4, 0.5) is 10.6 Å². The highest BCUT2D eigenvalue weighted by atomic mass is 16.3. The van der Waals surface area contributed by atoms with Gasteiger partial charge in [-0.25, -0.2) is 9.78 Å². The molecule has 3 N–H and O–H groups in total. The number of aromatic nitrogens is 1. The van der Waals surface area contributed by atoms with Crippen molar-refractivity contribution in [1.82, 2.24) is 15.6 Å². The highest BCUT2D eigenvalue weighted by molar-refractivity contribution is 5.73. The molecule has 2 heterocycles. The van der Waals surface area contributed by atoms with Crippen LogP contribution in [0.1, 0.15) is 52.0 Å². The first-order chi connectivity index (χ1) is 11.9. The Kier molecular flexibility index (Phi) is 7.05. The van der Waals surface area contributed by atoms with E-state index in [-0.39, 0.29) is 18.0 Å². The van der Waals surface area contributed by atoms with Crippen LogP contribution in [0.25, 0.3) is 0 Å². The van der Waals surface area contributed by atoms with E-state index in [1.807, 2.05) is 26.8 Å². The standard InChI is InChI=1S/C19H32N4O2/c1-19(2,3)16(24)14-22-18(25)21-13-15-8-9-20-17(12-15)23-10-6-4-5-7-11-23/h8-9,12,16,24H,4-7,10-11,13-14H2,1-3H3,(H2,21,22,25). The molecular formula is C19H32N4O2. The third-order valence-corrected chi connectivity index (χ3v) is 4.65. The van der Waals surface area contributed by atoms with Crippen molar-refractivity contribution in [3.8, 4) is 0 Å². The van der Waals surface area contributed by atoms with Crippen molar-refractivity contribution < 1.29 is 9.90 Å². The second-order valence-corrected chi connectivity index (χ2v) is 7.87. The number of aliphatic hydroxyl groups excluding tert-OH is 1. The molecule has 1 aromatic rings. The van der Waals surface area contributed by atoms with E-state index in [1.54, 1.807) is 6.20 Å². The van der Waals surface area contributed by atoms with Crippen molar-refractivity contribution in [3.63, 3.8) is 0 Å². The minimum Gasteiger partial charge on any atom is -0.391 e. The van der Waals surface area contributed by atoms with E-state index in [2.05, 4.69) is 26.6 Å². The molecule has 0 aromatic carbocycles.